The molecule has 4 heteroatoms. The second-order valence-electron chi connectivity index (χ2n) is 4.44. The molecule has 0 atom stereocenters. The van der Waals surface area contributed by atoms with Crippen molar-refractivity contribution in [1.29, 1.82) is 0 Å². The van der Waals surface area contributed by atoms with Crippen LogP contribution in [0.5, 0.6) is 0 Å². The Hall–Kier alpha value is -2.62. The molecule has 3 N–H and O–H groups in total. The molecule has 1 aromatic carbocycles. The smallest absolute Gasteiger partial charge is 0.131 e. The van der Waals surface area contributed by atoms with Crippen molar-refractivity contribution in [3.05, 3.63) is 54.4 Å². The van der Waals surface area contributed by atoms with Gasteiger partial charge in [-0.05, 0) is 36.8 Å². The topological polar surface area (TPSA) is 67.6 Å². The van der Waals surface area contributed by atoms with Gasteiger partial charge in [-0.2, -0.15) is 5.10 Å². The van der Waals surface area contributed by atoms with E-state index in [1.54, 1.807) is 6.20 Å². The van der Waals surface area contributed by atoms with Crippen molar-refractivity contribution < 1.29 is 0 Å². The highest BCUT2D eigenvalue weighted by Crippen LogP contribution is 2.28. The molecule has 2 aromatic heterocycles. The number of aromatic amines is 1. The van der Waals surface area contributed by atoms with Crippen molar-refractivity contribution >= 4 is 5.82 Å². The van der Waals surface area contributed by atoms with Crippen LogP contribution in [0.4, 0.5) is 5.82 Å². The fourth-order valence-corrected chi connectivity index (χ4v) is 2.09. The molecule has 4 nitrogen and oxygen atoms in total. The first-order chi connectivity index (χ1) is 9.24. The molecule has 3 rings (SSSR count). The van der Waals surface area contributed by atoms with E-state index < -0.39 is 0 Å². The molecule has 2 heterocycles. The van der Waals surface area contributed by atoms with Gasteiger partial charge in [0.25, 0.3) is 0 Å². The summed E-state index contributed by atoms with van der Waals surface area (Å²) in [4.78, 5) is 4.30. The fraction of sp³-hybridized carbons (Fsp3) is 0.0667. The van der Waals surface area contributed by atoms with Gasteiger partial charge in [0.15, 0.2) is 0 Å². The van der Waals surface area contributed by atoms with Crippen LogP contribution in [-0.2, 0) is 0 Å². The van der Waals surface area contributed by atoms with E-state index >= 15 is 0 Å². The van der Waals surface area contributed by atoms with Crippen LogP contribution in [0, 0.1) is 6.92 Å². The van der Waals surface area contributed by atoms with Gasteiger partial charge in [0.05, 0.1) is 5.69 Å². The first-order valence-corrected chi connectivity index (χ1v) is 6.07. The summed E-state index contributed by atoms with van der Waals surface area (Å²) in [7, 11) is 0. The number of hydrogen-bond acceptors (Lipinski definition) is 3. The van der Waals surface area contributed by atoms with Crippen LogP contribution < -0.4 is 5.73 Å². The van der Waals surface area contributed by atoms with Crippen molar-refractivity contribution in [1.82, 2.24) is 15.2 Å². The van der Waals surface area contributed by atoms with Crippen molar-refractivity contribution in [2.45, 2.75) is 6.92 Å². The number of nitrogens with two attached hydrogens (primary N) is 1. The number of anilines is 1. The summed E-state index contributed by atoms with van der Waals surface area (Å²) in [6.07, 6.45) is 1.74. The Labute approximate surface area is 111 Å². The van der Waals surface area contributed by atoms with E-state index in [0.29, 0.717) is 5.82 Å². The number of pyridine rings is 1. The minimum absolute atomic E-state index is 0.557. The van der Waals surface area contributed by atoms with Crippen molar-refractivity contribution in [3.8, 4) is 22.4 Å². The molecule has 0 unspecified atom stereocenters. The summed E-state index contributed by atoms with van der Waals surface area (Å²) in [5, 5.41) is 6.93. The summed E-state index contributed by atoms with van der Waals surface area (Å²) < 4.78 is 0. The average molecular weight is 250 g/mol. The van der Waals surface area contributed by atoms with E-state index in [0.717, 1.165) is 28.1 Å². The molecule has 94 valence electrons. The van der Waals surface area contributed by atoms with Gasteiger partial charge in [0, 0.05) is 23.0 Å². The van der Waals surface area contributed by atoms with Gasteiger partial charge in [0.2, 0.25) is 0 Å². The van der Waals surface area contributed by atoms with E-state index in [4.69, 9.17) is 5.73 Å². The molecule has 3 aromatic rings. The van der Waals surface area contributed by atoms with Crippen LogP contribution in [0.1, 0.15) is 5.69 Å². The van der Waals surface area contributed by atoms with Crippen LogP contribution in [-0.4, -0.2) is 15.2 Å². The second-order valence-corrected chi connectivity index (χ2v) is 4.44. The normalized spacial score (nSPS) is 10.6. The Balaban J connectivity index is 2.08. The van der Waals surface area contributed by atoms with Gasteiger partial charge in [-0.15, -0.1) is 0 Å². The van der Waals surface area contributed by atoms with Crippen LogP contribution in [0.2, 0.25) is 0 Å². The lowest BCUT2D eigenvalue weighted by atomic mass is 10.0. The van der Waals surface area contributed by atoms with E-state index in [1.807, 2.05) is 43.3 Å². The zero-order valence-electron chi connectivity index (χ0n) is 10.6. The van der Waals surface area contributed by atoms with Gasteiger partial charge in [-0.3, -0.25) is 5.10 Å². The lowest BCUT2D eigenvalue weighted by molar-refractivity contribution is 1.10. The van der Waals surface area contributed by atoms with Crippen LogP contribution >= 0.6 is 0 Å². The molecular formula is C15H14N4. The van der Waals surface area contributed by atoms with Crippen LogP contribution in [0.3, 0.4) is 0 Å². The third kappa shape index (κ3) is 2.20. The van der Waals surface area contributed by atoms with E-state index in [1.165, 1.54) is 0 Å². The Kier molecular flexibility index (Phi) is 2.76. The first-order valence-electron chi connectivity index (χ1n) is 6.07. The number of nitrogen functional groups attached to an aromatic ring is 1. The van der Waals surface area contributed by atoms with E-state index in [-0.39, 0.29) is 0 Å². The van der Waals surface area contributed by atoms with E-state index in [2.05, 4.69) is 21.2 Å². The molecule has 19 heavy (non-hydrogen) atoms. The zero-order valence-corrected chi connectivity index (χ0v) is 10.6. The summed E-state index contributed by atoms with van der Waals surface area (Å²) in [6.45, 7) is 1.93. The monoisotopic (exact) mass is 250 g/mol. The van der Waals surface area contributed by atoms with Gasteiger partial charge >= 0.3 is 0 Å². The van der Waals surface area contributed by atoms with Crippen molar-refractivity contribution in [2.24, 2.45) is 0 Å². The highest BCUT2D eigenvalue weighted by atomic mass is 15.1. The molecule has 0 spiro atoms. The summed E-state index contributed by atoms with van der Waals surface area (Å²) in [5.74, 6) is 0.557. The van der Waals surface area contributed by atoms with Crippen LogP contribution in [0.25, 0.3) is 22.4 Å². The summed E-state index contributed by atoms with van der Waals surface area (Å²) in [6, 6.07) is 14.1. The highest BCUT2D eigenvalue weighted by molar-refractivity contribution is 5.77. The maximum Gasteiger partial charge on any atom is 0.131 e. The Bertz CT molecular complexity index is 702. The van der Waals surface area contributed by atoms with E-state index in [9.17, 15) is 0 Å². The minimum atomic E-state index is 0.557. The molecule has 0 saturated heterocycles. The van der Waals surface area contributed by atoms with Gasteiger partial charge in [0.1, 0.15) is 5.82 Å². The SMILES string of the molecule is Cc1ccc(-c2cccc(-c3ccn[nH]3)c2)c(N)n1. The maximum absolute atomic E-state index is 5.99. The molecular weight excluding hydrogens is 236 g/mol. The first kappa shape index (κ1) is 11.5. The Morgan fingerprint density at radius 3 is 2.63 bits per heavy atom. The highest BCUT2D eigenvalue weighted by Gasteiger charge is 2.06. The van der Waals surface area contributed by atoms with Crippen molar-refractivity contribution in [2.75, 3.05) is 5.73 Å². The predicted octanol–water partition coefficient (Wildman–Crippen LogP) is 3.03. The second kappa shape index (κ2) is 4.57. The maximum atomic E-state index is 5.99. The number of aryl methyl sites for hydroxylation is 1. The zero-order chi connectivity index (χ0) is 13.2. The molecule has 0 bridgehead atoms. The lowest BCUT2D eigenvalue weighted by Gasteiger charge is -2.07. The van der Waals surface area contributed by atoms with Gasteiger partial charge in [-0.1, -0.05) is 18.2 Å². The Morgan fingerprint density at radius 1 is 1.05 bits per heavy atom. The minimum Gasteiger partial charge on any atom is -0.383 e. The number of H-pyrrole nitrogens is 1. The van der Waals surface area contributed by atoms with Crippen molar-refractivity contribution in [3.63, 3.8) is 0 Å². The molecule has 0 aliphatic heterocycles. The van der Waals surface area contributed by atoms with Gasteiger partial charge < -0.3 is 5.73 Å². The third-order valence-electron chi connectivity index (χ3n) is 3.05. The number of nitrogens with zero attached hydrogens (tertiary/aromatic N) is 2. The molecule has 0 radical (unpaired) electrons. The molecule has 0 aliphatic rings. The van der Waals surface area contributed by atoms with Crippen LogP contribution in [0.15, 0.2) is 48.7 Å². The number of rotatable bonds is 2. The number of benzene rings is 1. The molecule has 0 amide bonds. The summed E-state index contributed by atoms with van der Waals surface area (Å²) in [5.41, 5.74) is 11.0. The molecule has 0 fully saturated rings. The molecule has 0 saturated carbocycles. The quantitative estimate of drug-likeness (QED) is 0.734. The number of aromatic nitrogens is 3. The average Bonchev–Trinajstić information content (AvgIpc) is 2.93. The third-order valence-corrected chi connectivity index (χ3v) is 3.05. The Morgan fingerprint density at radius 2 is 1.89 bits per heavy atom. The number of nitrogens with one attached hydrogen (secondary N) is 1. The largest absolute Gasteiger partial charge is 0.383 e. The fourth-order valence-electron chi connectivity index (χ4n) is 2.09. The molecule has 0 aliphatic carbocycles. The van der Waals surface area contributed by atoms with Gasteiger partial charge in [-0.25, -0.2) is 4.98 Å². The number of hydrogen-bond donors (Lipinski definition) is 2. The summed E-state index contributed by atoms with van der Waals surface area (Å²) >= 11 is 0. The lowest BCUT2D eigenvalue weighted by Crippen LogP contribution is -1.95. The standard InChI is InChI=1S/C15H14N4/c1-10-5-6-13(15(16)18-10)11-3-2-4-12(9-11)14-7-8-17-19-14/h2-9H,1H3,(H2,16,18)(H,17,19). The predicted molar refractivity (Wildman–Crippen MR) is 76.4 cm³/mol.